The maximum absolute atomic E-state index is 13.3. The van der Waals surface area contributed by atoms with Crippen LogP contribution in [0.1, 0.15) is 43.2 Å². The summed E-state index contributed by atoms with van der Waals surface area (Å²) in [5.41, 5.74) is 2.30. The third kappa shape index (κ3) is 2.06. The second-order valence-corrected chi connectivity index (χ2v) is 4.84. The molecule has 15 heavy (non-hydrogen) atoms. The normalized spacial score (nSPS) is 20.1. The maximum Gasteiger partial charge on any atom is 0.0990 e. The number of hydrogen-bond donors (Lipinski definition) is 0. The Morgan fingerprint density at radius 2 is 1.67 bits per heavy atom. The first-order valence-corrected chi connectivity index (χ1v) is 5.90. The number of aryl methyl sites for hydroxylation is 1. The number of benzene rings is 1. The van der Waals surface area contributed by atoms with Crippen molar-refractivity contribution in [3.05, 3.63) is 35.4 Å². The lowest BCUT2D eigenvalue weighted by Gasteiger charge is -2.35. The van der Waals surface area contributed by atoms with Crippen LogP contribution in [0.15, 0.2) is 24.3 Å². The van der Waals surface area contributed by atoms with E-state index in [4.69, 9.17) is 0 Å². The van der Waals surface area contributed by atoms with Crippen LogP contribution in [0, 0.1) is 6.92 Å². The van der Waals surface area contributed by atoms with Crippen molar-refractivity contribution in [1.29, 1.82) is 0 Å². The molecule has 1 aliphatic carbocycles. The minimum absolute atomic E-state index is 0.161. The van der Waals surface area contributed by atoms with Gasteiger partial charge in [-0.3, -0.25) is 4.39 Å². The van der Waals surface area contributed by atoms with Gasteiger partial charge in [-0.15, -0.1) is 0 Å². The monoisotopic (exact) mass is 206 g/mol. The molecule has 1 fully saturated rings. The molecule has 0 bridgehead atoms. The van der Waals surface area contributed by atoms with Crippen molar-refractivity contribution in [2.24, 2.45) is 0 Å². The van der Waals surface area contributed by atoms with Crippen LogP contribution < -0.4 is 0 Å². The standard InChI is InChI=1S/C14H19F/c1-12-5-7-13(8-6-12)14(11-15)9-3-2-4-10-14/h5-8H,2-4,9-11H2,1H3. The predicted molar refractivity (Wildman–Crippen MR) is 61.9 cm³/mol. The maximum atomic E-state index is 13.3. The molecule has 0 amide bonds. The zero-order valence-electron chi connectivity index (χ0n) is 9.43. The van der Waals surface area contributed by atoms with Crippen LogP contribution in [-0.2, 0) is 5.41 Å². The van der Waals surface area contributed by atoms with Gasteiger partial charge in [-0.05, 0) is 25.3 Å². The fourth-order valence-electron chi connectivity index (χ4n) is 2.64. The van der Waals surface area contributed by atoms with Gasteiger partial charge in [0.1, 0.15) is 0 Å². The van der Waals surface area contributed by atoms with Gasteiger partial charge in [0.15, 0.2) is 0 Å². The van der Waals surface area contributed by atoms with Crippen LogP contribution in [0.4, 0.5) is 4.39 Å². The molecule has 0 atom stereocenters. The van der Waals surface area contributed by atoms with Crippen molar-refractivity contribution in [3.8, 4) is 0 Å². The Hall–Kier alpha value is -0.850. The summed E-state index contributed by atoms with van der Waals surface area (Å²) in [5.74, 6) is 0. The Morgan fingerprint density at radius 1 is 1.07 bits per heavy atom. The zero-order valence-corrected chi connectivity index (χ0v) is 9.43. The highest BCUT2D eigenvalue weighted by Crippen LogP contribution is 2.39. The molecule has 0 saturated heterocycles. The molecule has 0 aromatic heterocycles. The van der Waals surface area contributed by atoms with Crippen molar-refractivity contribution >= 4 is 0 Å². The van der Waals surface area contributed by atoms with Crippen LogP contribution in [0.3, 0.4) is 0 Å². The van der Waals surface area contributed by atoms with Crippen LogP contribution in [0.5, 0.6) is 0 Å². The molecule has 0 aliphatic heterocycles. The van der Waals surface area contributed by atoms with E-state index < -0.39 is 0 Å². The molecular formula is C14H19F. The Morgan fingerprint density at radius 3 is 2.20 bits per heavy atom. The summed E-state index contributed by atoms with van der Waals surface area (Å²) in [7, 11) is 0. The van der Waals surface area contributed by atoms with E-state index in [9.17, 15) is 4.39 Å². The Bertz CT molecular complexity index is 307. The number of rotatable bonds is 2. The molecule has 2 rings (SSSR count). The average molecular weight is 206 g/mol. The number of hydrogen-bond acceptors (Lipinski definition) is 0. The number of halogens is 1. The predicted octanol–water partition coefficient (Wildman–Crippen LogP) is 4.17. The summed E-state index contributed by atoms with van der Waals surface area (Å²) in [6.45, 7) is 1.88. The van der Waals surface area contributed by atoms with E-state index in [0.717, 1.165) is 12.8 Å². The molecule has 1 heteroatoms. The van der Waals surface area contributed by atoms with Crippen molar-refractivity contribution < 1.29 is 4.39 Å². The summed E-state index contributed by atoms with van der Waals surface area (Å²) < 4.78 is 13.3. The minimum Gasteiger partial charge on any atom is -0.250 e. The molecular weight excluding hydrogens is 187 g/mol. The van der Waals surface area contributed by atoms with Crippen molar-refractivity contribution in [1.82, 2.24) is 0 Å². The van der Waals surface area contributed by atoms with E-state index >= 15 is 0 Å². The first-order valence-electron chi connectivity index (χ1n) is 5.90. The van der Waals surface area contributed by atoms with Crippen molar-refractivity contribution in [2.75, 3.05) is 6.67 Å². The quantitative estimate of drug-likeness (QED) is 0.681. The molecule has 82 valence electrons. The van der Waals surface area contributed by atoms with Gasteiger partial charge in [0.2, 0.25) is 0 Å². The SMILES string of the molecule is Cc1ccc(C2(CF)CCCCC2)cc1. The van der Waals surface area contributed by atoms with Gasteiger partial charge in [-0.25, -0.2) is 0 Å². The Balaban J connectivity index is 2.28. The lowest BCUT2D eigenvalue weighted by atomic mass is 9.70. The van der Waals surface area contributed by atoms with Crippen LogP contribution in [0.25, 0.3) is 0 Å². The summed E-state index contributed by atoms with van der Waals surface area (Å²) in [5, 5.41) is 0. The smallest absolute Gasteiger partial charge is 0.0990 e. The lowest BCUT2D eigenvalue weighted by Crippen LogP contribution is -2.31. The molecule has 1 aromatic carbocycles. The molecule has 1 aliphatic rings. The van der Waals surface area contributed by atoms with E-state index in [1.54, 1.807) is 0 Å². The van der Waals surface area contributed by atoms with Gasteiger partial charge in [-0.1, -0.05) is 49.1 Å². The third-order valence-corrected chi connectivity index (χ3v) is 3.73. The first kappa shape index (κ1) is 10.7. The van der Waals surface area contributed by atoms with E-state index in [0.29, 0.717) is 0 Å². The second-order valence-electron chi connectivity index (χ2n) is 4.84. The fourth-order valence-corrected chi connectivity index (χ4v) is 2.64. The molecule has 0 unspecified atom stereocenters. The van der Waals surface area contributed by atoms with Crippen LogP contribution in [0.2, 0.25) is 0 Å². The molecule has 1 aromatic rings. The second kappa shape index (κ2) is 4.34. The van der Waals surface area contributed by atoms with E-state index in [1.807, 2.05) is 0 Å². The molecule has 0 nitrogen and oxygen atoms in total. The molecule has 0 radical (unpaired) electrons. The van der Waals surface area contributed by atoms with Gasteiger partial charge in [0.25, 0.3) is 0 Å². The summed E-state index contributed by atoms with van der Waals surface area (Å²) in [6, 6.07) is 8.42. The Kier molecular flexibility index (Phi) is 3.08. The Labute approximate surface area is 91.5 Å². The van der Waals surface area contributed by atoms with E-state index in [1.165, 1.54) is 30.4 Å². The average Bonchev–Trinajstić information content (AvgIpc) is 2.31. The lowest BCUT2D eigenvalue weighted by molar-refractivity contribution is 0.226. The fraction of sp³-hybridized carbons (Fsp3) is 0.571. The van der Waals surface area contributed by atoms with E-state index in [-0.39, 0.29) is 12.1 Å². The largest absolute Gasteiger partial charge is 0.250 e. The van der Waals surface area contributed by atoms with Crippen LogP contribution in [-0.4, -0.2) is 6.67 Å². The van der Waals surface area contributed by atoms with Gasteiger partial charge < -0.3 is 0 Å². The van der Waals surface area contributed by atoms with Gasteiger partial charge in [0, 0.05) is 5.41 Å². The van der Waals surface area contributed by atoms with Gasteiger partial charge in [0.05, 0.1) is 6.67 Å². The number of alkyl halides is 1. The van der Waals surface area contributed by atoms with Crippen LogP contribution >= 0.6 is 0 Å². The summed E-state index contributed by atoms with van der Waals surface area (Å²) in [4.78, 5) is 0. The molecule has 0 spiro atoms. The van der Waals surface area contributed by atoms with Crippen molar-refractivity contribution in [2.45, 2.75) is 44.4 Å². The highest BCUT2D eigenvalue weighted by molar-refractivity contribution is 5.29. The topological polar surface area (TPSA) is 0 Å². The highest BCUT2D eigenvalue weighted by Gasteiger charge is 2.33. The summed E-state index contributed by atoms with van der Waals surface area (Å²) >= 11 is 0. The van der Waals surface area contributed by atoms with Crippen molar-refractivity contribution in [3.63, 3.8) is 0 Å². The zero-order chi connectivity index (χ0) is 10.7. The highest BCUT2D eigenvalue weighted by atomic mass is 19.1. The minimum atomic E-state index is -0.198. The summed E-state index contributed by atoms with van der Waals surface area (Å²) in [6.07, 6.45) is 5.67. The van der Waals surface area contributed by atoms with Gasteiger partial charge >= 0.3 is 0 Å². The molecule has 0 N–H and O–H groups in total. The molecule has 1 saturated carbocycles. The van der Waals surface area contributed by atoms with E-state index in [2.05, 4.69) is 31.2 Å². The first-order chi connectivity index (χ1) is 7.27. The van der Waals surface area contributed by atoms with Gasteiger partial charge in [-0.2, -0.15) is 0 Å². The third-order valence-electron chi connectivity index (χ3n) is 3.73. The molecule has 0 heterocycles.